The van der Waals surface area contributed by atoms with E-state index in [0.29, 0.717) is 11.8 Å². The Balaban J connectivity index is 1.63. The largest absolute Gasteiger partial charge is 0.481 e. The minimum absolute atomic E-state index is 0.0894. The Hall–Kier alpha value is -1.31. The quantitative estimate of drug-likeness (QED) is 0.631. The highest BCUT2D eigenvalue weighted by molar-refractivity contribution is 5.70. The van der Waals surface area contributed by atoms with E-state index in [4.69, 9.17) is 0 Å². The molecule has 1 fully saturated rings. The topological polar surface area (TPSA) is 37.3 Å². The van der Waals surface area contributed by atoms with Crippen molar-refractivity contribution in [3.05, 3.63) is 35.4 Å². The van der Waals surface area contributed by atoms with Crippen LogP contribution in [0.1, 0.15) is 88.2 Å². The fraction of sp³-hybridized carbons (Fsp3) is 0.708. The van der Waals surface area contributed by atoms with Gasteiger partial charge in [0.2, 0.25) is 0 Å². The van der Waals surface area contributed by atoms with Crippen LogP contribution >= 0.6 is 0 Å². The van der Waals surface area contributed by atoms with Crippen LogP contribution in [0.5, 0.6) is 0 Å². The molecule has 3 rings (SSSR count). The fourth-order valence-corrected chi connectivity index (χ4v) is 5.21. The van der Waals surface area contributed by atoms with Crippen molar-refractivity contribution in [3.63, 3.8) is 0 Å². The van der Waals surface area contributed by atoms with Crippen molar-refractivity contribution in [2.45, 2.75) is 89.9 Å². The molecule has 3 unspecified atom stereocenters. The molecular weight excluding hydrogens is 320 g/mol. The average molecular weight is 357 g/mol. The van der Waals surface area contributed by atoms with E-state index in [9.17, 15) is 9.90 Å². The van der Waals surface area contributed by atoms with Gasteiger partial charge in [0.25, 0.3) is 0 Å². The molecule has 144 valence electrons. The molecule has 0 radical (unpaired) electrons. The van der Waals surface area contributed by atoms with Crippen LogP contribution in [0.2, 0.25) is 0 Å². The third-order valence-electron chi connectivity index (χ3n) is 6.73. The summed E-state index contributed by atoms with van der Waals surface area (Å²) in [6.07, 6.45) is 17.2. The minimum atomic E-state index is -0.551. The first-order chi connectivity index (χ1) is 12.7. The van der Waals surface area contributed by atoms with E-state index < -0.39 is 5.97 Å². The molecule has 1 N–H and O–H groups in total. The molecule has 2 aliphatic rings. The standard InChI is InChI=1S/C24H36O2/c25-24(26)23-18-21-15-14-20-12-9-11-19(16-20)10-7-5-3-1-2-4-6-8-13-22(23)17-21/h9,11-12,16,21-23H,1-8,10,13-15,17-18H2,(H,25,26). The van der Waals surface area contributed by atoms with Crippen molar-refractivity contribution in [1.82, 2.24) is 0 Å². The van der Waals surface area contributed by atoms with Gasteiger partial charge in [-0.15, -0.1) is 0 Å². The maximum absolute atomic E-state index is 11.7. The summed E-state index contributed by atoms with van der Waals surface area (Å²) in [6.45, 7) is 0. The van der Waals surface area contributed by atoms with Gasteiger partial charge < -0.3 is 5.11 Å². The van der Waals surface area contributed by atoms with Crippen molar-refractivity contribution >= 4 is 5.97 Å². The van der Waals surface area contributed by atoms with Gasteiger partial charge in [-0.2, -0.15) is 0 Å². The fourth-order valence-electron chi connectivity index (χ4n) is 5.21. The smallest absolute Gasteiger partial charge is 0.306 e. The molecular formula is C24H36O2. The summed E-state index contributed by atoms with van der Waals surface area (Å²) in [5.41, 5.74) is 2.93. The zero-order valence-corrected chi connectivity index (χ0v) is 16.3. The van der Waals surface area contributed by atoms with Gasteiger partial charge in [-0.05, 0) is 67.9 Å². The summed E-state index contributed by atoms with van der Waals surface area (Å²) >= 11 is 0. The first-order valence-electron chi connectivity index (χ1n) is 11.0. The van der Waals surface area contributed by atoms with Crippen molar-refractivity contribution in [3.8, 4) is 0 Å². The summed E-state index contributed by atoms with van der Waals surface area (Å²) in [5, 5.41) is 9.63. The molecule has 0 spiro atoms. The highest BCUT2D eigenvalue weighted by Gasteiger charge is 2.37. The van der Waals surface area contributed by atoms with Crippen LogP contribution in [-0.2, 0) is 17.6 Å². The summed E-state index contributed by atoms with van der Waals surface area (Å²) in [5.74, 6) is 0.380. The maximum Gasteiger partial charge on any atom is 0.306 e. The highest BCUT2D eigenvalue weighted by atomic mass is 16.4. The summed E-state index contributed by atoms with van der Waals surface area (Å²) in [6, 6.07) is 9.13. The van der Waals surface area contributed by atoms with Gasteiger partial charge >= 0.3 is 5.97 Å². The lowest BCUT2D eigenvalue weighted by molar-refractivity contribution is -0.143. The summed E-state index contributed by atoms with van der Waals surface area (Å²) < 4.78 is 0. The molecule has 1 aromatic carbocycles. The molecule has 2 nitrogen and oxygen atoms in total. The second-order valence-electron chi connectivity index (χ2n) is 8.77. The number of aryl methyl sites for hydroxylation is 2. The molecule has 1 saturated carbocycles. The van der Waals surface area contributed by atoms with Gasteiger partial charge in [0, 0.05) is 0 Å². The second kappa shape index (κ2) is 10.1. The van der Waals surface area contributed by atoms with Gasteiger partial charge in [-0.25, -0.2) is 0 Å². The Bertz CT molecular complexity index is 565. The normalized spacial score (nSPS) is 28.8. The molecule has 26 heavy (non-hydrogen) atoms. The molecule has 0 heterocycles. The van der Waals surface area contributed by atoms with Gasteiger partial charge in [0.05, 0.1) is 5.92 Å². The van der Waals surface area contributed by atoms with Gasteiger partial charge in [0.15, 0.2) is 0 Å². The van der Waals surface area contributed by atoms with E-state index in [-0.39, 0.29) is 5.92 Å². The number of carbonyl (C=O) groups is 1. The maximum atomic E-state index is 11.7. The highest BCUT2D eigenvalue weighted by Crippen LogP contribution is 2.41. The van der Waals surface area contributed by atoms with Crippen LogP contribution in [0.15, 0.2) is 24.3 Å². The van der Waals surface area contributed by atoms with E-state index >= 15 is 0 Å². The monoisotopic (exact) mass is 356 g/mol. The molecule has 0 aliphatic heterocycles. The SMILES string of the molecule is O=C(O)C1CC2CCc3cccc(c3)CCCCCCCCCCC1C2. The Morgan fingerprint density at radius 3 is 2.19 bits per heavy atom. The van der Waals surface area contributed by atoms with Gasteiger partial charge in [-0.1, -0.05) is 69.2 Å². The lowest BCUT2D eigenvalue weighted by Crippen LogP contribution is -2.18. The average Bonchev–Trinajstić information content (AvgIpc) is 3.05. The predicted molar refractivity (Wildman–Crippen MR) is 107 cm³/mol. The minimum Gasteiger partial charge on any atom is -0.481 e. The van der Waals surface area contributed by atoms with E-state index in [0.717, 1.165) is 32.1 Å². The van der Waals surface area contributed by atoms with E-state index in [1.54, 1.807) is 0 Å². The van der Waals surface area contributed by atoms with Crippen LogP contribution in [0.3, 0.4) is 0 Å². The van der Waals surface area contributed by atoms with E-state index in [1.807, 2.05) is 0 Å². The number of rotatable bonds is 1. The lowest BCUT2D eigenvalue weighted by Gasteiger charge is -2.15. The Labute approximate surface area is 159 Å². The number of fused-ring (bicyclic) bond motifs is 4. The molecule has 3 atom stereocenters. The number of carboxylic acids is 1. The van der Waals surface area contributed by atoms with Crippen LogP contribution in [0.25, 0.3) is 0 Å². The number of carboxylic acid groups (broad SMARTS) is 1. The summed E-state index contributed by atoms with van der Waals surface area (Å²) in [7, 11) is 0. The first-order valence-corrected chi connectivity index (χ1v) is 11.0. The zero-order chi connectivity index (χ0) is 18.2. The first kappa shape index (κ1) is 19.5. The Morgan fingerprint density at radius 1 is 0.808 bits per heavy atom. The molecule has 0 saturated heterocycles. The molecule has 2 aliphatic carbocycles. The molecule has 0 aromatic heterocycles. The summed E-state index contributed by atoms with van der Waals surface area (Å²) in [4.78, 5) is 11.7. The van der Waals surface area contributed by atoms with E-state index in [1.165, 1.54) is 68.9 Å². The number of hydrogen-bond donors (Lipinski definition) is 1. The van der Waals surface area contributed by atoms with Crippen LogP contribution in [-0.4, -0.2) is 11.1 Å². The van der Waals surface area contributed by atoms with Gasteiger partial charge in [-0.3, -0.25) is 4.79 Å². The third kappa shape index (κ3) is 5.86. The number of benzene rings is 1. The van der Waals surface area contributed by atoms with Gasteiger partial charge in [0.1, 0.15) is 0 Å². The molecule has 2 heteroatoms. The second-order valence-corrected chi connectivity index (χ2v) is 8.77. The van der Waals surface area contributed by atoms with Crippen molar-refractivity contribution < 1.29 is 9.90 Å². The Kier molecular flexibility index (Phi) is 7.58. The number of hydrogen-bond acceptors (Lipinski definition) is 1. The van der Waals surface area contributed by atoms with Crippen LogP contribution in [0.4, 0.5) is 0 Å². The van der Waals surface area contributed by atoms with Crippen molar-refractivity contribution in [2.24, 2.45) is 17.8 Å². The van der Waals surface area contributed by atoms with E-state index in [2.05, 4.69) is 24.3 Å². The lowest BCUT2D eigenvalue weighted by atomic mass is 9.90. The van der Waals surface area contributed by atoms with Crippen LogP contribution in [0, 0.1) is 17.8 Å². The van der Waals surface area contributed by atoms with Crippen molar-refractivity contribution in [2.75, 3.05) is 0 Å². The molecule has 0 amide bonds. The predicted octanol–water partition coefficient (Wildman–Crippen LogP) is 6.41. The third-order valence-corrected chi connectivity index (χ3v) is 6.73. The number of aliphatic carboxylic acids is 1. The molecule has 4 bridgehead atoms. The molecule has 1 aromatic rings. The zero-order valence-electron chi connectivity index (χ0n) is 16.3. The Morgan fingerprint density at radius 2 is 1.46 bits per heavy atom. The van der Waals surface area contributed by atoms with Crippen molar-refractivity contribution in [1.29, 1.82) is 0 Å². The van der Waals surface area contributed by atoms with Crippen LogP contribution < -0.4 is 0 Å².